The predicted octanol–water partition coefficient (Wildman–Crippen LogP) is 12.8. The van der Waals surface area contributed by atoms with Crippen LogP contribution >= 0.6 is 15.9 Å². The van der Waals surface area contributed by atoms with Crippen LogP contribution in [0.5, 0.6) is 0 Å². The Labute approximate surface area is 425 Å². The summed E-state index contributed by atoms with van der Waals surface area (Å²) in [5.74, 6) is -0.240. The zero-order valence-electron chi connectivity index (χ0n) is 41.8. The van der Waals surface area contributed by atoms with Gasteiger partial charge in [0, 0.05) is 28.1 Å². The van der Waals surface area contributed by atoms with Crippen molar-refractivity contribution in [2.24, 2.45) is 4.99 Å². The van der Waals surface area contributed by atoms with E-state index in [0.717, 1.165) is 86.0 Å². The summed E-state index contributed by atoms with van der Waals surface area (Å²) < 4.78 is 13.4. The molecule has 1 heterocycles. The van der Waals surface area contributed by atoms with Crippen LogP contribution in [0.4, 0.5) is 4.39 Å². The number of ketones is 1. The van der Waals surface area contributed by atoms with Crippen LogP contribution in [-0.2, 0) is 49.7 Å². The number of carboxylic acids is 1. The number of rotatable bonds is 11. The van der Waals surface area contributed by atoms with Gasteiger partial charge < -0.3 is 15.7 Å². The molecule has 1 fully saturated rings. The predicted molar refractivity (Wildman–Crippen MR) is 289 cm³/mol. The van der Waals surface area contributed by atoms with Gasteiger partial charge in [0.15, 0.2) is 12.0 Å². The highest BCUT2D eigenvalue weighted by Crippen LogP contribution is 2.33. The van der Waals surface area contributed by atoms with Gasteiger partial charge in [0.25, 0.3) is 0 Å². The number of aryl methyl sites for hydroxylation is 5. The fourth-order valence-corrected chi connectivity index (χ4v) is 8.90. The molecule has 0 bridgehead atoms. The number of Topliss-reactive ketones (excluding diaryl/α,β-unsaturated/α-hetero) is 1. The quantitative estimate of drug-likeness (QED) is 0.0256. The Kier molecular flexibility index (Phi) is 28.3. The van der Waals surface area contributed by atoms with Gasteiger partial charge in [-0.25, -0.2) is 14.2 Å². The topological polar surface area (TPSA) is 144 Å². The third-order valence-corrected chi connectivity index (χ3v) is 12.9. The summed E-state index contributed by atoms with van der Waals surface area (Å²) in [5.41, 5.74) is 13.1. The molecule has 2 aliphatic carbocycles. The Balaban J connectivity index is 0.000000230. The van der Waals surface area contributed by atoms with Gasteiger partial charge in [-0.15, -0.1) is 0 Å². The summed E-state index contributed by atoms with van der Waals surface area (Å²) >= 11 is 3.46. The van der Waals surface area contributed by atoms with Crippen LogP contribution in [0.15, 0.2) is 125 Å². The molecule has 0 saturated carbocycles. The zero-order valence-corrected chi connectivity index (χ0v) is 43.4. The van der Waals surface area contributed by atoms with Crippen LogP contribution in [0.25, 0.3) is 6.08 Å². The van der Waals surface area contributed by atoms with Gasteiger partial charge in [-0.1, -0.05) is 160 Å². The number of hydrogen-bond acceptors (Lipinski definition) is 6. The van der Waals surface area contributed by atoms with E-state index in [9.17, 15) is 18.8 Å². The zero-order chi connectivity index (χ0) is 50.9. The van der Waals surface area contributed by atoms with Crippen molar-refractivity contribution >= 4 is 46.0 Å². The highest BCUT2D eigenvalue weighted by Gasteiger charge is 2.25. The Morgan fingerprint density at radius 2 is 1.30 bits per heavy atom. The minimum Gasteiger partial charge on any atom is -0.478 e. The van der Waals surface area contributed by atoms with Crippen LogP contribution < -0.4 is 16.0 Å². The lowest BCUT2D eigenvalue weighted by Gasteiger charge is -2.16. The largest absolute Gasteiger partial charge is 0.478 e. The first-order valence-electron chi connectivity index (χ1n) is 24.8. The number of nitrogens with one attached hydrogen (secondary N) is 3. The van der Waals surface area contributed by atoms with E-state index in [4.69, 9.17) is 10.4 Å². The first-order valence-corrected chi connectivity index (χ1v) is 25.6. The maximum absolute atomic E-state index is 12.2. The molecule has 70 heavy (non-hydrogen) atoms. The summed E-state index contributed by atoms with van der Waals surface area (Å²) in [5, 5.41) is 26.1. The van der Waals surface area contributed by atoms with Crippen LogP contribution in [0.3, 0.4) is 0 Å². The highest BCUT2D eigenvalue weighted by molar-refractivity contribution is 9.10. The number of aliphatic imine (C=N–C) groups is 1. The summed E-state index contributed by atoms with van der Waals surface area (Å²) in [6.45, 7) is 12.6. The maximum Gasteiger partial charge on any atom is 0.328 e. The first-order chi connectivity index (χ1) is 34.1. The molecule has 9 nitrogen and oxygen atoms in total. The molecule has 3 aliphatic rings. The molecule has 0 aromatic heterocycles. The SMILES string of the molecule is C1CCNCC1.CCc1cccc2c1CCC2=O.CCc1cccc2c1CCC2NC(=NCCF)NC#N.CCc1ccccc1/C=C/C(=O)O.CCc1ccccc1Br.CCc1ccccc1C=O. The Hall–Kier alpha value is -6.22. The molecular formula is C59H73BrFN5O4. The molecule has 1 unspecified atom stereocenters. The Bertz CT molecular complexity index is 2470. The van der Waals surface area contributed by atoms with Gasteiger partial charge in [0.1, 0.15) is 13.0 Å². The monoisotopic (exact) mass is 1010 g/mol. The van der Waals surface area contributed by atoms with Crippen molar-refractivity contribution in [3.63, 3.8) is 0 Å². The van der Waals surface area contributed by atoms with Crippen molar-refractivity contribution in [1.29, 1.82) is 5.26 Å². The molecule has 5 aromatic rings. The fourth-order valence-electron chi connectivity index (χ4n) is 8.34. The third kappa shape index (κ3) is 20.0. The van der Waals surface area contributed by atoms with Crippen LogP contribution in [0.2, 0.25) is 0 Å². The summed E-state index contributed by atoms with van der Waals surface area (Å²) in [4.78, 5) is 36.0. The number of guanidine groups is 1. The molecule has 8 rings (SSSR count). The number of piperidine rings is 1. The summed E-state index contributed by atoms with van der Waals surface area (Å²) in [6.07, 6.45) is 18.4. The minimum atomic E-state index is -0.911. The molecule has 1 atom stereocenters. The first kappa shape index (κ1) is 58.1. The van der Waals surface area contributed by atoms with Crippen molar-refractivity contribution in [3.8, 4) is 6.19 Å². The number of benzene rings is 5. The lowest BCUT2D eigenvalue weighted by molar-refractivity contribution is -0.131. The van der Waals surface area contributed by atoms with E-state index in [1.807, 2.05) is 86.8 Å². The highest BCUT2D eigenvalue weighted by atomic mass is 79.9. The molecule has 1 aliphatic heterocycles. The molecule has 5 aromatic carbocycles. The van der Waals surface area contributed by atoms with Crippen molar-refractivity contribution in [2.75, 3.05) is 26.3 Å². The number of halogens is 2. The molecule has 0 spiro atoms. The van der Waals surface area contributed by atoms with E-state index in [0.29, 0.717) is 18.2 Å². The van der Waals surface area contributed by atoms with E-state index in [1.54, 1.807) is 6.08 Å². The molecule has 1 saturated heterocycles. The Morgan fingerprint density at radius 3 is 1.81 bits per heavy atom. The number of aldehydes is 1. The third-order valence-electron chi connectivity index (χ3n) is 12.1. The number of fused-ring (bicyclic) bond motifs is 2. The Morgan fingerprint density at radius 1 is 0.743 bits per heavy atom. The van der Waals surface area contributed by atoms with Crippen LogP contribution in [0, 0.1) is 11.5 Å². The van der Waals surface area contributed by atoms with E-state index >= 15 is 0 Å². The van der Waals surface area contributed by atoms with Crippen LogP contribution in [0.1, 0.15) is 144 Å². The molecular weight excluding hydrogens is 942 g/mol. The summed E-state index contributed by atoms with van der Waals surface area (Å²) in [7, 11) is 0. The van der Waals surface area contributed by atoms with E-state index in [1.165, 1.54) is 75.8 Å². The second kappa shape index (κ2) is 34.1. The number of carboxylic acid groups (broad SMARTS) is 1. The lowest BCUT2D eigenvalue weighted by Crippen LogP contribution is -2.36. The maximum atomic E-state index is 12.2. The molecule has 372 valence electrons. The summed E-state index contributed by atoms with van der Waals surface area (Å²) in [6, 6.07) is 36.2. The van der Waals surface area contributed by atoms with Crippen LogP contribution in [-0.4, -0.2) is 55.4 Å². The molecule has 0 amide bonds. The van der Waals surface area contributed by atoms with E-state index in [-0.39, 0.29) is 12.6 Å². The number of carbonyl (C=O) groups is 3. The van der Waals surface area contributed by atoms with E-state index < -0.39 is 12.6 Å². The van der Waals surface area contributed by atoms with Crippen molar-refractivity contribution in [2.45, 2.75) is 118 Å². The number of nitriles is 1. The minimum absolute atomic E-state index is 0.0611. The number of nitrogens with zero attached hydrogens (tertiary/aromatic N) is 2. The lowest BCUT2D eigenvalue weighted by atomic mass is 10.0. The van der Waals surface area contributed by atoms with Crippen molar-refractivity contribution in [1.82, 2.24) is 16.0 Å². The standard InChI is InChI=1S/C15H19FN4.C11H12O2.C11H12O.C9H10O.C8H9Br.C5H11N/c1-2-11-4-3-5-13-12(11)6-7-14(13)20-15(19-10-17)18-9-8-16;1-2-9-5-3-4-6-10(9)7-8-11(12)13;1-2-8-4-3-5-10-9(8)6-7-11(10)12;1-2-8-5-3-4-6-9(8)7-10;1-2-7-5-3-4-6-8(7)9;1-2-4-6-5-3-1/h3-5,14H,2,6-9H2,1H3,(H2,18,19,20);3-8H,2H2,1H3,(H,12,13);3-5H,2,6-7H2,1H3;3-7H,2H2,1H3;3-6H,2H2,1H3;6H,1-5H2/b;8-7+;;;;. The van der Waals surface area contributed by atoms with Crippen molar-refractivity contribution in [3.05, 3.63) is 181 Å². The average Bonchev–Trinajstić information content (AvgIpc) is 4.01. The fraction of sp³-hybridized carbons (Fsp3) is 0.373. The molecule has 4 N–H and O–H groups in total. The number of carbonyl (C=O) groups excluding carboxylic acids is 2. The second-order valence-corrected chi connectivity index (χ2v) is 17.5. The second-order valence-electron chi connectivity index (χ2n) is 16.6. The number of alkyl halides is 1. The van der Waals surface area contributed by atoms with E-state index in [2.05, 4.69) is 100 Å². The average molecular weight is 1020 g/mol. The van der Waals surface area contributed by atoms with Gasteiger partial charge in [-0.2, -0.15) is 5.26 Å². The molecule has 0 radical (unpaired) electrons. The normalized spacial score (nSPS) is 14.1. The number of hydrogen-bond donors (Lipinski definition) is 4. The molecule has 11 heteroatoms. The number of aliphatic carboxylic acids is 1. The van der Waals surface area contributed by atoms with Gasteiger partial charge in [0.05, 0.1) is 12.6 Å². The van der Waals surface area contributed by atoms with Crippen molar-refractivity contribution < 1.29 is 23.9 Å². The van der Waals surface area contributed by atoms with Gasteiger partial charge in [-0.05, 0) is 140 Å². The van der Waals surface area contributed by atoms with Gasteiger partial charge in [-0.3, -0.25) is 14.9 Å². The van der Waals surface area contributed by atoms with Gasteiger partial charge >= 0.3 is 5.97 Å². The van der Waals surface area contributed by atoms with Gasteiger partial charge in [0.2, 0.25) is 5.96 Å². The smallest absolute Gasteiger partial charge is 0.328 e.